The van der Waals surface area contributed by atoms with E-state index < -0.39 is 5.60 Å². The third-order valence-corrected chi connectivity index (χ3v) is 11.2. The number of amides is 1. The van der Waals surface area contributed by atoms with E-state index in [1.54, 1.807) is 0 Å². The molecule has 1 amide bonds. The Morgan fingerprint density at radius 2 is 1.24 bits per heavy atom. The molecule has 10 heteroatoms. The van der Waals surface area contributed by atoms with Crippen molar-refractivity contribution in [2.75, 3.05) is 66.0 Å². The molecule has 1 heterocycles. The van der Waals surface area contributed by atoms with E-state index in [2.05, 4.69) is 60.7 Å². The Balaban J connectivity index is 1.55. The Morgan fingerprint density at radius 1 is 0.690 bits per heavy atom. The summed E-state index contributed by atoms with van der Waals surface area (Å²) in [5.41, 5.74) is 4.14. The van der Waals surface area contributed by atoms with E-state index in [-0.39, 0.29) is 23.9 Å². The van der Waals surface area contributed by atoms with Crippen molar-refractivity contribution < 1.29 is 42.7 Å². The Morgan fingerprint density at radius 3 is 1.83 bits per heavy atom. The average Bonchev–Trinajstić information content (AvgIpc) is 3.14. The molecule has 336 valence electrons. The zero-order chi connectivity index (χ0) is 43.0. The molecule has 0 fully saturated rings. The highest BCUT2D eigenvalue weighted by atomic mass is 16.6. The van der Waals surface area contributed by atoms with Crippen molar-refractivity contribution in [3.8, 4) is 11.5 Å². The number of rotatable bonds is 32. The van der Waals surface area contributed by atoms with Crippen LogP contribution in [-0.2, 0) is 39.7 Å². The molecule has 1 N–H and O–H groups in total. The van der Waals surface area contributed by atoms with Gasteiger partial charge in [0.15, 0.2) is 0 Å². The summed E-state index contributed by atoms with van der Waals surface area (Å²) in [7, 11) is 0. The van der Waals surface area contributed by atoms with Crippen LogP contribution in [0.4, 0.5) is 0 Å². The van der Waals surface area contributed by atoms with Crippen molar-refractivity contribution in [3.63, 3.8) is 0 Å². The second-order valence-electron chi connectivity index (χ2n) is 18.5. The summed E-state index contributed by atoms with van der Waals surface area (Å²) in [4.78, 5) is 24.1. The van der Waals surface area contributed by atoms with E-state index in [1.165, 1.54) is 68.1 Å². The quantitative estimate of drug-likeness (QED) is 0.0561. The zero-order valence-electron chi connectivity index (χ0n) is 38.9. The molecule has 10 nitrogen and oxygen atoms in total. The third kappa shape index (κ3) is 22.3. The van der Waals surface area contributed by atoms with Crippen molar-refractivity contribution in [1.82, 2.24) is 5.32 Å². The van der Waals surface area contributed by atoms with Crippen molar-refractivity contribution >= 4 is 11.9 Å². The maximum atomic E-state index is 12.4. The topological polar surface area (TPSA) is 111 Å². The van der Waals surface area contributed by atoms with Crippen molar-refractivity contribution in [1.29, 1.82) is 0 Å². The van der Waals surface area contributed by atoms with Gasteiger partial charge in [-0.3, -0.25) is 9.59 Å². The van der Waals surface area contributed by atoms with Gasteiger partial charge in [-0.05, 0) is 115 Å². The Hall–Kier alpha value is -2.40. The molecule has 0 bridgehead atoms. The van der Waals surface area contributed by atoms with Gasteiger partial charge in [-0.25, -0.2) is 0 Å². The summed E-state index contributed by atoms with van der Waals surface area (Å²) in [5.74, 6) is 4.17. The fourth-order valence-corrected chi connectivity index (χ4v) is 7.54. The number of carbonyl (C=O) groups excluding carboxylic acids is 2. The first kappa shape index (κ1) is 51.7. The smallest absolute Gasteiger partial charge is 0.308 e. The SMILES string of the molecule is Cc1c(C)c2c(c(C)c1OCCCC(=O)NCCOCCOCCOCCOCCC(=O)OC(C)(C)C)CC[C@@](C)(CCC[C@H](C)CCC[C@H](C)CCCC(C)C)O2. The number of benzene rings is 1. The lowest BCUT2D eigenvalue weighted by molar-refractivity contribution is -0.156. The zero-order valence-corrected chi connectivity index (χ0v) is 38.9. The molecule has 0 saturated carbocycles. The predicted octanol–water partition coefficient (Wildman–Crippen LogP) is 10.2. The fourth-order valence-electron chi connectivity index (χ4n) is 7.54. The van der Waals surface area contributed by atoms with E-state index in [0.29, 0.717) is 78.8 Å². The van der Waals surface area contributed by atoms with Crippen molar-refractivity contribution in [3.05, 3.63) is 22.3 Å². The summed E-state index contributed by atoms with van der Waals surface area (Å²) in [5, 5.41) is 2.93. The number of hydrogen-bond donors (Lipinski definition) is 1. The van der Waals surface area contributed by atoms with Crippen LogP contribution in [0.15, 0.2) is 0 Å². The minimum atomic E-state index is -0.481. The molecule has 58 heavy (non-hydrogen) atoms. The normalized spacial score (nSPS) is 16.5. The van der Waals surface area contributed by atoms with Crippen LogP contribution in [0.5, 0.6) is 11.5 Å². The minimum Gasteiger partial charge on any atom is -0.493 e. The van der Waals surface area contributed by atoms with Gasteiger partial charge >= 0.3 is 5.97 Å². The van der Waals surface area contributed by atoms with E-state index >= 15 is 0 Å². The second kappa shape index (κ2) is 28.2. The van der Waals surface area contributed by atoms with Crippen molar-refractivity contribution in [2.24, 2.45) is 17.8 Å². The number of nitrogens with one attached hydrogen (secondary N) is 1. The molecule has 1 aromatic rings. The van der Waals surface area contributed by atoms with Gasteiger partial charge in [0, 0.05) is 18.5 Å². The minimum absolute atomic E-state index is 0.00585. The molecule has 0 saturated heterocycles. The van der Waals surface area contributed by atoms with Gasteiger partial charge in [0.25, 0.3) is 0 Å². The molecule has 1 aromatic carbocycles. The van der Waals surface area contributed by atoms with E-state index in [9.17, 15) is 9.59 Å². The first-order valence-corrected chi connectivity index (χ1v) is 22.7. The molecular weight excluding hydrogens is 735 g/mol. The summed E-state index contributed by atoms with van der Waals surface area (Å²) >= 11 is 0. The molecule has 0 aliphatic carbocycles. The summed E-state index contributed by atoms with van der Waals surface area (Å²) in [6.07, 6.45) is 15.0. The average molecular weight is 820 g/mol. The lowest BCUT2D eigenvalue weighted by atomic mass is 9.83. The molecule has 0 spiro atoms. The predicted molar refractivity (Wildman–Crippen MR) is 234 cm³/mol. The summed E-state index contributed by atoms with van der Waals surface area (Å²) < 4.78 is 40.4. The van der Waals surface area contributed by atoms with Crippen LogP contribution in [0.1, 0.15) is 161 Å². The molecule has 1 aliphatic heterocycles. The summed E-state index contributed by atoms with van der Waals surface area (Å²) in [6.45, 7) is 28.1. The van der Waals surface area contributed by atoms with Gasteiger partial charge in [0.1, 0.15) is 22.7 Å². The van der Waals surface area contributed by atoms with Crippen LogP contribution in [0, 0.1) is 38.5 Å². The Bertz CT molecular complexity index is 1310. The summed E-state index contributed by atoms with van der Waals surface area (Å²) in [6, 6.07) is 0. The van der Waals surface area contributed by atoms with Gasteiger partial charge in [-0.1, -0.05) is 72.6 Å². The van der Waals surface area contributed by atoms with Gasteiger partial charge < -0.3 is 38.5 Å². The van der Waals surface area contributed by atoms with Crippen LogP contribution in [-0.4, -0.2) is 89.1 Å². The van der Waals surface area contributed by atoms with Gasteiger partial charge in [-0.15, -0.1) is 0 Å². The second-order valence-corrected chi connectivity index (χ2v) is 18.5. The van der Waals surface area contributed by atoms with Crippen LogP contribution >= 0.6 is 0 Å². The molecule has 3 atom stereocenters. The van der Waals surface area contributed by atoms with E-state index in [0.717, 1.165) is 54.1 Å². The van der Waals surface area contributed by atoms with Crippen LogP contribution in [0.2, 0.25) is 0 Å². The van der Waals surface area contributed by atoms with Crippen LogP contribution < -0.4 is 14.8 Å². The Kier molecular flexibility index (Phi) is 25.1. The monoisotopic (exact) mass is 820 g/mol. The van der Waals surface area contributed by atoms with Crippen LogP contribution in [0.3, 0.4) is 0 Å². The molecular formula is C48H85NO9. The number of hydrogen-bond acceptors (Lipinski definition) is 9. The number of esters is 1. The lowest BCUT2D eigenvalue weighted by Crippen LogP contribution is -2.37. The highest BCUT2D eigenvalue weighted by molar-refractivity contribution is 5.75. The van der Waals surface area contributed by atoms with E-state index in [1.807, 2.05) is 20.8 Å². The highest BCUT2D eigenvalue weighted by Gasteiger charge is 2.34. The van der Waals surface area contributed by atoms with Gasteiger partial charge in [0.2, 0.25) is 5.91 Å². The fraction of sp³-hybridized carbons (Fsp3) is 0.833. The number of carbonyl (C=O) groups is 2. The highest BCUT2D eigenvalue weighted by Crippen LogP contribution is 2.45. The molecule has 0 aromatic heterocycles. The first-order chi connectivity index (χ1) is 27.5. The number of ether oxygens (including phenoxy) is 7. The Labute approximate surface area is 353 Å². The first-order valence-electron chi connectivity index (χ1n) is 22.7. The maximum Gasteiger partial charge on any atom is 0.308 e. The molecule has 0 radical (unpaired) electrons. The van der Waals surface area contributed by atoms with E-state index in [4.69, 9.17) is 33.2 Å². The lowest BCUT2D eigenvalue weighted by Gasteiger charge is -2.38. The standard InChI is InChI=1S/C48H85NO9/c1-36(2)16-12-17-37(3)18-13-19-38(4)20-14-24-48(11)25-22-42-41(7)45(39(5)40(6)46(42)58-48)56-27-15-21-43(50)49-26-29-53-31-33-55-35-34-54-32-30-52-28-23-44(51)57-47(8,9)10/h36-38H,12-35H2,1-11H3,(H,49,50)/t37-,38-,48-/m1/s1. The van der Waals surface area contributed by atoms with Crippen molar-refractivity contribution in [2.45, 2.75) is 177 Å². The molecule has 1 aliphatic rings. The van der Waals surface area contributed by atoms with Gasteiger partial charge in [0.05, 0.1) is 65.9 Å². The number of fused-ring (bicyclic) bond motifs is 1. The maximum absolute atomic E-state index is 12.4. The van der Waals surface area contributed by atoms with Gasteiger partial charge in [-0.2, -0.15) is 0 Å². The largest absolute Gasteiger partial charge is 0.493 e. The molecule has 2 rings (SSSR count). The third-order valence-electron chi connectivity index (χ3n) is 11.2. The molecule has 0 unspecified atom stereocenters. The van der Waals surface area contributed by atoms with Crippen LogP contribution in [0.25, 0.3) is 0 Å².